The molecule has 1 fully saturated rings. The zero-order chi connectivity index (χ0) is 20.4. The summed E-state index contributed by atoms with van der Waals surface area (Å²) < 4.78 is 61.0. The van der Waals surface area contributed by atoms with Gasteiger partial charge >= 0.3 is 6.18 Å². The van der Waals surface area contributed by atoms with Gasteiger partial charge < -0.3 is 10.2 Å². The van der Waals surface area contributed by atoms with Crippen LogP contribution in [0.3, 0.4) is 0 Å². The zero-order valence-electron chi connectivity index (χ0n) is 14.3. The van der Waals surface area contributed by atoms with Gasteiger partial charge in [-0.1, -0.05) is 0 Å². The van der Waals surface area contributed by atoms with Crippen molar-refractivity contribution in [3.05, 3.63) is 33.9 Å². The van der Waals surface area contributed by atoms with Crippen molar-refractivity contribution in [2.45, 2.75) is 25.1 Å². The molecule has 1 atom stereocenters. The number of nitrogens with one attached hydrogen (secondary N) is 1. The maximum Gasteiger partial charge on any atom is 0.416 e. The van der Waals surface area contributed by atoms with Crippen LogP contribution in [-0.2, 0) is 20.8 Å². The number of hydrogen-bond acceptors (Lipinski definition) is 6. The number of anilines is 1. The maximum atomic E-state index is 12.7. The maximum absolute atomic E-state index is 12.7. The number of amides is 1. The highest BCUT2D eigenvalue weighted by Gasteiger charge is 2.34. The summed E-state index contributed by atoms with van der Waals surface area (Å²) in [6, 6.07) is 1.67. The van der Waals surface area contributed by atoms with Gasteiger partial charge in [0, 0.05) is 32.1 Å². The van der Waals surface area contributed by atoms with Crippen LogP contribution in [0.5, 0.6) is 0 Å². The van der Waals surface area contributed by atoms with Crippen molar-refractivity contribution in [1.29, 1.82) is 0 Å². The Balaban J connectivity index is 1.98. The van der Waals surface area contributed by atoms with Gasteiger partial charge in [-0.05, 0) is 18.6 Å². The smallest absolute Gasteiger partial charge is 0.379 e. The number of halogens is 3. The molecule has 2 rings (SSSR count). The highest BCUT2D eigenvalue weighted by Crippen LogP contribution is 2.34. The lowest BCUT2D eigenvalue weighted by Gasteiger charge is -2.23. The molecule has 1 saturated heterocycles. The van der Waals surface area contributed by atoms with E-state index in [0.717, 1.165) is 6.07 Å². The Morgan fingerprint density at radius 1 is 1.41 bits per heavy atom. The topological polar surface area (TPSA) is 110 Å². The van der Waals surface area contributed by atoms with E-state index in [4.69, 9.17) is 0 Å². The molecule has 0 saturated carbocycles. The van der Waals surface area contributed by atoms with Crippen LogP contribution in [-0.4, -0.2) is 55.3 Å². The Bertz CT molecular complexity index is 842. The highest BCUT2D eigenvalue weighted by atomic mass is 32.2. The summed E-state index contributed by atoms with van der Waals surface area (Å²) in [5, 5.41) is 13.6. The van der Waals surface area contributed by atoms with Crippen molar-refractivity contribution in [1.82, 2.24) is 4.90 Å². The summed E-state index contributed by atoms with van der Waals surface area (Å²) in [7, 11) is -1.66. The number of nitrogens with zero attached hydrogens (tertiary/aromatic N) is 2. The van der Waals surface area contributed by atoms with Crippen molar-refractivity contribution in [2.24, 2.45) is 0 Å². The van der Waals surface area contributed by atoms with Crippen molar-refractivity contribution in [3.63, 3.8) is 0 Å². The minimum absolute atomic E-state index is 0.0191. The summed E-state index contributed by atoms with van der Waals surface area (Å²) in [5.41, 5.74) is -2.02. The van der Waals surface area contributed by atoms with E-state index in [1.54, 1.807) is 0 Å². The number of nitro groups is 1. The third-order valence-corrected chi connectivity index (χ3v) is 6.08. The summed E-state index contributed by atoms with van der Waals surface area (Å²) in [5.74, 6) is -0.447. The minimum Gasteiger partial charge on any atom is -0.379 e. The molecule has 12 heteroatoms. The number of carbonyl (C=O) groups is 1. The van der Waals surface area contributed by atoms with Gasteiger partial charge in [0.25, 0.3) is 5.69 Å². The van der Waals surface area contributed by atoms with Crippen molar-refractivity contribution < 1.29 is 31.3 Å². The van der Waals surface area contributed by atoms with E-state index in [2.05, 4.69) is 5.32 Å². The van der Waals surface area contributed by atoms with Crippen molar-refractivity contribution in [3.8, 4) is 0 Å². The second-order valence-corrected chi connectivity index (χ2v) is 8.45. The van der Waals surface area contributed by atoms with Crippen LogP contribution in [0, 0.1) is 10.1 Å². The van der Waals surface area contributed by atoms with E-state index >= 15 is 0 Å². The molecule has 150 valence electrons. The summed E-state index contributed by atoms with van der Waals surface area (Å²) in [6.45, 7) is -0.0468. The molecule has 0 radical (unpaired) electrons. The quantitative estimate of drug-likeness (QED) is 0.569. The molecule has 1 aromatic rings. The fourth-order valence-electron chi connectivity index (χ4n) is 2.77. The van der Waals surface area contributed by atoms with Crippen molar-refractivity contribution >= 4 is 27.1 Å². The SMILES string of the molecule is CN(C(=O)CCNc1ccc(C(F)(F)F)cc1[N+](=O)[O-])[C@H]1CCS(=O)(=O)C1. The number of carbonyl (C=O) groups excluding carboxylic acids is 1. The first-order valence-corrected chi connectivity index (χ1v) is 9.78. The molecule has 1 heterocycles. The lowest BCUT2D eigenvalue weighted by Crippen LogP contribution is -2.38. The average Bonchev–Trinajstić information content (AvgIpc) is 2.93. The molecule has 1 aromatic carbocycles. The van der Waals surface area contributed by atoms with Crippen LogP contribution in [0.1, 0.15) is 18.4 Å². The third kappa shape index (κ3) is 5.31. The van der Waals surface area contributed by atoms with Gasteiger partial charge in [-0.3, -0.25) is 14.9 Å². The van der Waals surface area contributed by atoms with E-state index in [9.17, 15) is 36.5 Å². The molecule has 1 aliphatic heterocycles. The molecule has 0 aliphatic carbocycles. The van der Waals surface area contributed by atoms with Crippen LogP contribution >= 0.6 is 0 Å². The minimum atomic E-state index is -4.70. The molecule has 27 heavy (non-hydrogen) atoms. The fourth-order valence-corrected chi connectivity index (χ4v) is 4.55. The largest absolute Gasteiger partial charge is 0.416 e. The number of rotatable bonds is 6. The lowest BCUT2D eigenvalue weighted by atomic mass is 10.1. The van der Waals surface area contributed by atoms with Gasteiger partial charge in [-0.2, -0.15) is 13.2 Å². The first-order chi connectivity index (χ1) is 12.4. The molecule has 0 spiro atoms. The standard InChI is InChI=1S/C15H18F3N3O5S/c1-20(11-5-7-27(25,26)9-11)14(22)4-6-19-12-3-2-10(15(16,17)18)8-13(12)21(23)24/h2-3,8,11,19H,4-7,9H2,1H3/t11-/m0/s1. The number of hydrogen-bond donors (Lipinski definition) is 1. The van der Waals surface area contributed by atoms with Crippen LogP contribution in [0.25, 0.3) is 0 Å². The monoisotopic (exact) mass is 409 g/mol. The van der Waals surface area contributed by atoms with Gasteiger partial charge in [-0.25, -0.2) is 8.42 Å². The normalized spacial score (nSPS) is 18.9. The Hall–Kier alpha value is -2.37. The first kappa shape index (κ1) is 20.9. The van der Waals surface area contributed by atoms with Gasteiger partial charge in [-0.15, -0.1) is 0 Å². The van der Waals surface area contributed by atoms with E-state index in [1.165, 1.54) is 11.9 Å². The second kappa shape index (κ2) is 7.71. The van der Waals surface area contributed by atoms with Gasteiger partial charge in [0.2, 0.25) is 5.91 Å². The molecule has 1 aliphatic rings. The summed E-state index contributed by atoms with van der Waals surface area (Å²) >= 11 is 0. The van der Waals surface area contributed by atoms with Crippen LogP contribution in [0.2, 0.25) is 0 Å². The Morgan fingerprint density at radius 2 is 2.07 bits per heavy atom. The zero-order valence-corrected chi connectivity index (χ0v) is 15.1. The van der Waals surface area contributed by atoms with Crippen LogP contribution in [0.15, 0.2) is 18.2 Å². The Kier molecular flexibility index (Phi) is 5.97. The molecular formula is C15H18F3N3O5S. The average molecular weight is 409 g/mol. The molecule has 0 aromatic heterocycles. The van der Waals surface area contributed by atoms with E-state index < -0.39 is 38.2 Å². The molecule has 0 unspecified atom stereocenters. The Morgan fingerprint density at radius 3 is 2.59 bits per heavy atom. The van der Waals surface area contributed by atoms with Gasteiger partial charge in [0.05, 0.1) is 22.0 Å². The molecule has 8 nitrogen and oxygen atoms in total. The number of nitro benzene ring substituents is 1. The molecule has 1 N–H and O–H groups in total. The van der Waals surface area contributed by atoms with Gasteiger partial charge in [0.15, 0.2) is 9.84 Å². The molecule has 0 bridgehead atoms. The van der Waals surface area contributed by atoms with E-state index in [-0.39, 0.29) is 36.1 Å². The Labute approximate surface area is 153 Å². The number of alkyl halides is 3. The molecule has 1 amide bonds. The first-order valence-electron chi connectivity index (χ1n) is 7.96. The summed E-state index contributed by atoms with van der Waals surface area (Å²) in [4.78, 5) is 23.5. The third-order valence-electron chi connectivity index (χ3n) is 4.33. The summed E-state index contributed by atoms with van der Waals surface area (Å²) in [6.07, 6.45) is -4.45. The lowest BCUT2D eigenvalue weighted by molar-refractivity contribution is -0.384. The fraction of sp³-hybridized carbons (Fsp3) is 0.533. The predicted octanol–water partition coefficient (Wildman–Crippen LogP) is 2.06. The number of benzene rings is 1. The van der Waals surface area contributed by atoms with E-state index in [1.807, 2.05) is 0 Å². The van der Waals surface area contributed by atoms with Crippen LogP contribution < -0.4 is 5.32 Å². The number of sulfone groups is 1. The second-order valence-electron chi connectivity index (χ2n) is 6.23. The van der Waals surface area contributed by atoms with E-state index in [0.29, 0.717) is 18.6 Å². The van der Waals surface area contributed by atoms with Crippen LogP contribution in [0.4, 0.5) is 24.5 Å². The molecular weight excluding hydrogens is 391 g/mol. The van der Waals surface area contributed by atoms with Gasteiger partial charge in [0.1, 0.15) is 5.69 Å². The van der Waals surface area contributed by atoms with Crippen molar-refractivity contribution in [2.75, 3.05) is 30.4 Å². The predicted molar refractivity (Wildman–Crippen MR) is 91.0 cm³/mol. The highest BCUT2D eigenvalue weighted by molar-refractivity contribution is 7.91.